The largest absolute Gasteiger partial charge is 0.360 e. The minimum atomic E-state index is -0.0957. The molecule has 0 atom stereocenters. The molecule has 0 radical (unpaired) electrons. The third-order valence-corrected chi connectivity index (χ3v) is 5.83. The Morgan fingerprint density at radius 3 is 1.71 bits per heavy atom. The summed E-state index contributed by atoms with van der Waals surface area (Å²) in [6.45, 7) is 6.35. The molecule has 0 amide bonds. The van der Waals surface area contributed by atoms with Crippen LogP contribution in [0.5, 0.6) is 0 Å². The summed E-state index contributed by atoms with van der Waals surface area (Å²) in [4.78, 5) is 13.2. The van der Waals surface area contributed by atoms with Crippen LogP contribution in [-0.4, -0.2) is 42.6 Å². The van der Waals surface area contributed by atoms with Gasteiger partial charge in [0.1, 0.15) is 10.0 Å². The van der Waals surface area contributed by atoms with E-state index in [2.05, 4.69) is 31.0 Å². The SMILES string of the molecule is CCNc1nnc(Cn2c(=O)n(Cc3nnc(NCC)s3)c3ccccc32)s1. The Kier molecular flexibility index (Phi) is 5.35. The average Bonchev–Trinajstić information content (AvgIpc) is 3.39. The summed E-state index contributed by atoms with van der Waals surface area (Å²) in [5.41, 5.74) is 1.63. The predicted molar refractivity (Wildman–Crippen MR) is 113 cm³/mol. The fraction of sp³-hybridized carbons (Fsp3) is 0.353. The van der Waals surface area contributed by atoms with E-state index in [0.717, 1.165) is 44.4 Å². The maximum atomic E-state index is 13.2. The van der Waals surface area contributed by atoms with Crippen molar-refractivity contribution in [1.29, 1.82) is 0 Å². The number of para-hydroxylation sites is 2. The number of benzene rings is 1. The molecule has 0 saturated heterocycles. The number of anilines is 2. The van der Waals surface area contributed by atoms with Crippen LogP contribution in [0.15, 0.2) is 29.1 Å². The van der Waals surface area contributed by atoms with Gasteiger partial charge in [0.05, 0.1) is 24.1 Å². The molecule has 3 aromatic heterocycles. The third-order valence-electron chi connectivity index (χ3n) is 4.10. The van der Waals surface area contributed by atoms with Crippen molar-refractivity contribution in [2.75, 3.05) is 23.7 Å². The number of hydrogen-bond acceptors (Lipinski definition) is 9. The number of aromatic nitrogens is 6. The van der Waals surface area contributed by atoms with Crippen LogP contribution in [0.4, 0.5) is 10.3 Å². The first-order valence-corrected chi connectivity index (χ1v) is 10.6. The summed E-state index contributed by atoms with van der Waals surface area (Å²) >= 11 is 2.92. The molecule has 2 N–H and O–H groups in total. The molecule has 28 heavy (non-hydrogen) atoms. The lowest BCUT2D eigenvalue weighted by Gasteiger charge is -1.99. The second-order valence-electron chi connectivity index (χ2n) is 6.01. The first kappa shape index (κ1) is 18.6. The number of hydrogen-bond donors (Lipinski definition) is 2. The van der Waals surface area contributed by atoms with Gasteiger partial charge in [-0.25, -0.2) is 4.79 Å². The molecule has 1 aromatic carbocycles. The smallest absolute Gasteiger partial charge is 0.329 e. The van der Waals surface area contributed by atoms with Crippen LogP contribution in [0.25, 0.3) is 11.0 Å². The lowest BCUT2D eigenvalue weighted by molar-refractivity contribution is 0.689. The Bertz CT molecular complexity index is 1060. The van der Waals surface area contributed by atoms with Crippen LogP contribution < -0.4 is 16.3 Å². The number of nitrogens with one attached hydrogen (secondary N) is 2. The molecule has 3 heterocycles. The highest BCUT2D eigenvalue weighted by molar-refractivity contribution is 7.15. The zero-order chi connectivity index (χ0) is 19.5. The van der Waals surface area contributed by atoms with E-state index < -0.39 is 0 Å². The Morgan fingerprint density at radius 1 is 0.821 bits per heavy atom. The van der Waals surface area contributed by atoms with Crippen molar-refractivity contribution in [3.8, 4) is 0 Å². The molecular formula is C17H20N8OS2. The van der Waals surface area contributed by atoms with Crippen LogP contribution in [0, 0.1) is 0 Å². The summed E-state index contributed by atoms with van der Waals surface area (Å²) in [7, 11) is 0. The Hall–Kier alpha value is -2.79. The summed E-state index contributed by atoms with van der Waals surface area (Å²) in [6, 6.07) is 7.76. The summed E-state index contributed by atoms with van der Waals surface area (Å²) < 4.78 is 3.47. The topological polar surface area (TPSA) is 103 Å². The van der Waals surface area contributed by atoms with E-state index in [4.69, 9.17) is 0 Å². The minimum absolute atomic E-state index is 0.0957. The van der Waals surface area contributed by atoms with E-state index in [-0.39, 0.29) is 5.69 Å². The molecule has 9 nitrogen and oxygen atoms in total. The summed E-state index contributed by atoms with van der Waals surface area (Å²) in [5, 5.41) is 26.0. The standard InChI is InChI=1S/C17H20N8OS2/c1-3-18-15-22-20-13(27-15)9-24-11-7-5-6-8-12(11)25(17(24)26)10-14-21-23-16(28-14)19-4-2/h5-8H,3-4,9-10H2,1-2H3,(H,18,22)(H,19,23). The Morgan fingerprint density at radius 2 is 1.29 bits per heavy atom. The molecular weight excluding hydrogens is 396 g/mol. The monoisotopic (exact) mass is 416 g/mol. The van der Waals surface area contributed by atoms with Crippen molar-refractivity contribution in [2.24, 2.45) is 0 Å². The van der Waals surface area contributed by atoms with Crippen molar-refractivity contribution in [3.63, 3.8) is 0 Å². The van der Waals surface area contributed by atoms with Gasteiger partial charge in [-0.05, 0) is 26.0 Å². The predicted octanol–water partition coefficient (Wildman–Crippen LogP) is 2.47. The molecule has 0 fully saturated rings. The van der Waals surface area contributed by atoms with Crippen LogP contribution in [0.2, 0.25) is 0 Å². The fourth-order valence-corrected chi connectivity index (χ4v) is 4.52. The van der Waals surface area contributed by atoms with Crippen molar-refractivity contribution >= 4 is 44.0 Å². The van der Waals surface area contributed by atoms with Crippen molar-refractivity contribution < 1.29 is 0 Å². The molecule has 4 rings (SSSR count). The molecule has 0 saturated carbocycles. The van der Waals surface area contributed by atoms with Crippen LogP contribution in [0.1, 0.15) is 23.9 Å². The number of rotatable bonds is 8. The first-order valence-electron chi connectivity index (χ1n) is 9.00. The molecule has 0 spiro atoms. The van der Waals surface area contributed by atoms with Crippen LogP contribution in [0.3, 0.4) is 0 Å². The van der Waals surface area contributed by atoms with Crippen molar-refractivity contribution in [3.05, 3.63) is 44.8 Å². The van der Waals surface area contributed by atoms with Crippen LogP contribution in [-0.2, 0) is 13.1 Å². The highest BCUT2D eigenvalue weighted by atomic mass is 32.1. The zero-order valence-corrected chi connectivity index (χ0v) is 17.2. The molecule has 4 aromatic rings. The van der Waals surface area contributed by atoms with Gasteiger partial charge in [0.2, 0.25) is 10.3 Å². The van der Waals surface area contributed by atoms with E-state index in [9.17, 15) is 4.79 Å². The van der Waals surface area contributed by atoms with Gasteiger partial charge in [-0.15, -0.1) is 20.4 Å². The van der Waals surface area contributed by atoms with Gasteiger partial charge >= 0.3 is 5.69 Å². The Labute approximate surface area is 169 Å². The van der Waals surface area contributed by atoms with Crippen molar-refractivity contribution in [2.45, 2.75) is 26.9 Å². The molecule has 0 unspecified atom stereocenters. The minimum Gasteiger partial charge on any atom is -0.360 e. The van der Waals surface area contributed by atoms with E-state index in [1.807, 2.05) is 38.1 Å². The number of nitrogens with zero attached hydrogens (tertiary/aromatic N) is 6. The zero-order valence-electron chi connectivity index (χ0n) is 15.5. The molecule has 0 aliphatic rings. The summed E-state index contributed by atoms with van der Waals surface area (Å²) in [5.74, 6) is 0. The molecule has 146 valence electrons. The highest BCUT2D eigenvalue weighted by Gasteiger charge is 2.16. The number of fused-ring (bicyclic) bond motifs is 1. The van der Waals surface area contributed by atoms with Gasteiger partial charge in [0.15, 0.2) is 0 Å². The van der Waals surface area contributed by atoms with Gasteiger partial charge in [0, 0.05) is 13.1 Å². The van der Waals surface area contributed by atoms with E-state index in [1.165, 1.54) is 22.7 Å². The Balaban J connectivity index is 1.69. The second kappa shape index (κ2) is 8.07. The van der Waals surface area contributed by atoms with Gasteiger partial charge < -0.3 is 10.6 Å². The maximum absolute atomic E-state index is 13.2. The maximum Gasteiger partial charge on any atom is 0.329 e. The van der Waals surface area contributed by atoms with Gasteiger partial charge in [0.25, 0.3) is 0 Å². The van der Waals surface area contributed by atoms with Crippen LogP contribution >= 0.6 is 22.7 Å². The first-order chi connectivity index (χ1) is 13.7. The van der Waals surface area contributed by atoms with Gasteiger partial charge in [-0.3, -0.25) is 9.13 Å². The van der Waals surface area contributed by atoms with Gasteiger partial charge in [-0.1, -0.05) is 34.8 Å². The molecule has 0 bridgehead atoms. The highest BCUT2D eigenvalue weighted by Crippen LogP contribution is 2.21. The lowest BCUT2D eigenvalue weighted by atomic mass is 10.3. The van der Waals surface area contributed by atoms with E-state index in [0.29, 0.717) is 13.1 Å². The molecule has 11 heteroatoms. The lowest BCUT2D eigenvalue weighted by Crippen LogP contribution is -2.25. The van der Waals surface area contributed by atoms with Crippen molar-refractivity contribution in [1.82, 2.24) is 29.5 Å². The number of imidazole rings is 1. The van der Waals surface area contributed by atoms with Gasteiger partial charge in [-0.2, -0.15) is 0 Å². The fourth-order valence-electron chi connectivity index (χ4n) is 2.93. The molecule has 0 aliphatic heterocycles. The molecule has 0 aliphatic carbocycles. The second-order valence-corrected chi connectivity index (χ2v) is 8.13. The average molecular weight is 417 g/mol. The summed E-state index contributed by atoms with van der Waals surface area (Å²) in [6.07, 6.45) is 0. The third kappa shape index (κ3) is 3.62. The van der Waals surface area contributed by atoms with E-state index in [1.54, 1.807) is 9.13 Å². The quantitative estimate of drug-likeness (QED) is 0.455. The normalized spacial score (nSPS) is 11.2. The van der Waals surface area contributed by atoms with E-state index >= 15 is 0 Å².